The van der Waals surface area contributed by atoms with Gasteiger partial charge in [-0.3, -0.25) is 9.59 Å². The quantitative estimate of drug-likeness (QED) is 0.812. The van der Waals surface area contributed by atoms with Gasteiger partial charge in [0, 0.05) is 44.2 Å². The average Bonchev–Trinajstić information content (AvgIpc) is 2.49. The first-order valence-corrected chi connectivity index (χ1v) is 7.37. The smallest absolute Gasteiger partial charge is 0.312 e. The molecule has 1 fully saturated rings. The first kappa shape index (κ1) is 15.0. The minimum atomic E-state index is -0.456. The Morgan fingerprint density at radius 1 is 1.30 bits per heavy atom. The fourth-order valence-corrected chi connectivity index (χ4v) is 2.53. The number of likely N-dealkylation sites (N-methyl/N-ethyl adjacent to an activating group) is 1. The first-order chi connectivity index (χ1) is 9.59. The summed E-state index contributed by atoms with van der Waals surface area (Å²) in [5.41, 5.74) is 0.983. The highest BCUT2D eigenvalue weighted by Gasteiger charge is 2.26. The molecule has 6 heteroatoms. The molecule has 1 heterocycles. The van der Waals surface area contributed by atoms with Crippen LogP contribution in [0.4, 0.5) is 0 Å². The van der Waals surface area contributed by atoms with E-state index in [1.54, 1.807) is 11.9 Å². The standard InChI is InChI=1S/C14H18BrN3O2/c1-17(10-11-4-2-3-5-12(11)15)13(19)14(20)18-8-6-16-7-9-18/h2-5,16H,6-10H2,1H3. The van der Waals surface area contributed by atoms with Crippen molar-refractivity contribution in [2.45, 2.75) is 6.54 Å². The molecule has 1 saturated heterocycles. The van der Waals surface area contributed by atoms with E-state index >= 15 is 0 Å². The van der Waals surface area contributed by atoms with E-state index in [4.69, 9.17) is 0 Å². The number of hydrogen-bond acceptors (Lipinski definition) is 3. The number of halogens is 1. The van der Waals surface area contributed by atoms with Crippen molar-refractivity contribution in [3.8, 4) is 0 Å². The fourth-order valence-electron chi connectivity index (χ4n) is 2.12. The van der Waals surface area contributed by atoms with Gasteiger partial charge in [-0.25, -0.2) is 0 Å². The predicted molar refractivity (Wildman–Crippen MR) is 80.1 cm³/mol. The van der Waals surface area contributed by atoms with Crippen molar-refractivity contribution in [1.82, 2.24) is 15.1 Å². The van der Waals surface area contributed by atoms with E-state index in [2.05, 4.69) is 21.2 Å². The van der Waals surface area contributed by atoms with E-state index in [0.717, 1.165) is 23.1 Å². The number of carbonyl (C=O) groups excluding carboxylic acids is 2. The minimum absolute atomic E-state index is 0.415. The monoisotopic (exact) mass is 339 g/mol. The number of nitrogens with zero attached hydrogens (tertiary/aromatic N) is 2. The van der Waals surface area contributed by atoms with Crippen molar-refractivity contribution < 1.29 is 9.59 Å². The molecule has 1 aromatic carbocycles. The Hall–Kier alpha value is -1.40. The Balaban J connectivity index is 1.98. The van der Waals surface area contributed by atoms with Gasteiger partial charge in [-0.05, 0) is 11.6 Å². The molecule has 2 rings (SSSR count). The third-order valence-corrected chi connectivity index (χ3v) is 4.07. The van der Waals surface area contributed by atoms with Crippen molar-refractivity contribution in [3.05, 3.63) is 34.3 Å². The molecular weight excluding hydrogens is 322 g/mol. The number of rotatable bonds is 2. The van der Waals surface area contributed by atoms with E-state index in [9.17, 15) is 9.59 Å². The maximum atomic E-state index is 12.2. The summed E-state index contributed by atoms with van der Waals surface area (Å²) in [7, 11) is 1.65. The normalized spacial score (nSPS) is 15.0. The van der Waals surface area contributed by atoms with E-state index in [1.165, 1.54) is 4.90 Å². The molecule has 1 aromatic rings. The molecule has 2 amide bonds. The van der Waals surface area contributed by atoms with Gasteiger partial charge >= 0.3 is 11.8 Å². The third-order valence-electron chi connectivity index (χ3n) is 3.30. The number of hydrogen-bond donors (Lipinski definition) is 1. The minimum Gasteiger partial charge on any atom is -0.333 e. The number of benzene rings is 1. The van der Waals surface area contributed by atoms with Crippen LogP contribution in [0.3, 0.4) is 0 Å². The van der Waals surface area contributed by atoms with Gasteiger partial charge in [-0.2, -0.15) is 0 Å². The summed E-state index contributed by atoms with van der Waals surface area (Å²) in [5.74, 6) is -0.872. The summed E-state index contributed by atoms with van der Waals surface area (Å²) in [6, 6.07) is 7.69. The maximum Gasteiger partial charge on any atom is 0.312 e. The zero-order valence-corrected chi connectivity index (χ0v) is 13.0. The Kier molecular flexibility index (Phi) is 5.14. The number of piperazine rings is 1. The van der Waals surface area contributed by atoms with Gasteiger partial charge in [0.25, 0.3) is 0 Å². The molecule has 1 aliphatic rings. The van der Waals surface area contributed by atoms with E-state index in [0.29, 0.717) is 19.6 Å². The molecule has 0 saturated carbocycles. The topological polar surface area (TPSA) is 52.7 Å². The molecule has 0 aromatic heterocycles. The summed E-state index contributed by atoms with van der Waals surface area (Å²) in [4.78, 5) is 27.3. The van der Waals surface area contributed by atoms with Crippen LogP contribution < -0.4 is 5.32 Å². The van der Waals surface area contributed by atoms with Crippen LogP contribution in [0, 0.1) is 0 Å². The molecule has 1 aliphatic heterocycles. The zero-order valence-electron chi connectivity index (χ0n) is 11.4. The van der Waals surface area contributed by atoms with Crippen LogP contribution in [0.2, 0.25) is 0 Å². The summed E-state index contributed by atoms with van der Waals surface area (Å²) in [6.45, 7) is 3.08. The fraction of sp³-hybridized carbons (Fsp3) is 0.429. The van der Waals surface area contributed by atoms with Crippen molar-refractivity contribution >= 4 is 27.7 Å². The van der Waals surface area contributed by atoms with Crippen LogP contribution >= 0.6 is 15.9 Å². The van der Waals surface area contributed by atoms with E-state index in [-0.39, 0.29) is 0 Å². The van der Waals surface area contributed by atoms with Crippen molar-refractivity contribution in [3.63, 3.8) is 0 Å². The Labute approximate surface area is 127 Å². The average molecular weight is 340 g/mol. The van der Waals surface area contributed by atoms with Crippen LogP contribution in [0.15, 0.2) is 28.7 Å². The zero-order chi connectivity index (χ0) is 14.5. The first-order valence-electron chi connectivity index (χ1n) is 6.58. The lowest BCUT2D eigenvalue weighted by Gasteiger charge is -2.28. The van der Waals surface area contributed by atoms with Gasteiger partial charge in [0.05, 0.1) is 0 Å². The molecule has 1 N–H and O–H groups in total. The molecular formula is C14H18BrN3O2. The van der Waals surface area contributed by atoms with Crippen LogP contribution in [0.1, 0.15) is 5.56 Å². The van der Waals surface area contributed by atoms with Crippen LogP contribution in [0.25, 0.3) is 0 Å². The van der Waals surface area contributed by atoms with Crippen molar-refractivity contribution in [2.24, 2.45) is 0 Å². The lowest BCUT2D eigenvalue weighted by atomic mass is 10.2. The second-order valence-electron chi connectivity index (χ2n) is 4.79. The predicted octanol–water partition coefficient (Wildman–Crippen LogP) is 0.839. The molecule has 5 nitrogen and oxygen atoms in total. The molecule has 0 unspecified atom stereocenters. The number of amides is 2. The van der Waals surface area contributed by atoms with Crippen LogP contribution in [-0.4, -0.2) is 54.8 Å². The number of carbonyl (C=O) groups is 2. The third kappa shape index (κ3) is 3.58. The number of nitrogens with one attached hydrogen (secondary N) is 1. The SMILES string of the molecule is CN(Cc1ccccc1Br)C(=O)C(=O)N1CCNCC1. The Morgan fingerprint density at radius 2 is 1.95 bits per heavy atom. The summed E-state index contributed by atoms with van der Waals surface area (Å²) in [6.07, 6.45) is 0. The lowest BCUT2D eigenvalue weighted by molar-refractivity contribution is -0.151. The van der Waals surface area contributed by atoms with Gasteiger partial charge in [0.15, 0.2) is 0 Å². The Morgan fingerprint density at radius 3 is 2.60 bits per heavy atom. The van der Waals surface area contributed by atoms with Gasteiger partial charge in [0.2, 0.25) is 0 Å². The highest BCUT2D eigenvalue weighted by molar-refractivity contribution is 9.10. The highest BCUT2D eigenvalue weighted by atomic mass is 79.9. The Bertz CT molecular complexity index is 501. The van der Waals surface area contributed by atoms with Gasteiger partial charge in [0.1, 0.15) is 0 Å². The highest BCUT2D eigenvalue weighted by Crippen LogP contribution is 2.17. The van der Waals surface area contributed by atoms with Crippen LogP contribution in [0.5, 0.6) is 0 Å². The molecule has 0 radical (unpaired) electrons. The second-order valence-corrected chi connectivity index (χ2v) is 5.65. The van der Waals surface area contributed by atoms with Crippen molar-refractivity contribution in [2.75, 3.05) is 33.2 Å². The van der Waals surface area contributed by atoms with E-state index < -0.39 is 11.8 Å². The summed E-state index contributed by atoms with van der Waals surface area (Å²) < 4.78 is 0.939. The molecule has 0 spiro atoms. The van der Waals surface area contributed by atoms with Crippen molar-refractivity contribution in [1.29, 1.82) is 0 Å². The van der Waals surface area contributed by atoms with Gasteiger partial charge in [-0.15, -0.1) is 0 Å². The second kappa shape index (κ2) is 6.85. The van der Waals surface area contributed by atoms with E-state index in [1.807, 2.05) is 24.3 Å². The maximum absolute atomic E-state index is 12.2. The molecule has 0 bridgehead atoms. The summed E-state index contributed by atoms with van der Waals surface area (Å²) in [5, 5.41) is 3.16. The molecule has 20 heavy (non-hydrogen) atoms. The summed E-state index contributed by atoms with van der Waals surface area (Å²) >= 11 is 3.45. The molecule has 0 atom stereocenters. The van der Waals surface area contributed by atoms with Crippen LogP contribution in [-0.2, 0) is 16.1 Å². The largest absolute Gasteiger partial charge is 0.333 e. The van der Waals surface area contributed by atoms with Gasteiger partial charge in [-0.1, -0.05) is 34.1 Å². The van der Waals surface area contributed by atoms with Gasteiger partial charge < -0.3 is 15.1 Å². The molecule has 108 valence electrons. The lowest BCUT2D eigenvalue weighted by Crippen LogP contribution is -2.51. The molecule has 0 aliphatic carbocycles.